The minimum atomic E-state index is 0.109. The molecule has 2 N–H and O–H groups in total. The van der Waals surface area contributed by atoms with E-state index in [2.05, 4.69) is 56.1 Å². The highest BCUT2D eigenvalue weighted by Gasteiger charge is 2.37. The normalized spacial score (nSPS) is 20.3. The van der Waals surface area contributed by atoms with Crippen LogP contribution in [0.4, 0.5) is 0 Å². The first-order valence-corrected chi connectivity index (χ1v) is 7.54. The summed E-state index contributed by atoms with van der Waals surface area (Å²) in [6.07, 6.45) is 5.02. The highest BCUT2D eigenvalue weighted by molar-refractivity contribution is 5.15. The van der Waals surface area contributed by atoms with Crippen molar-refractivity contribution in [3.8, 4) is 0 Å². The minimum Gasteiger partial charge on any atom is -0.329 e. The number of nitrogens with two attached hydrogens (primary N) is 1. The van der Waals surface area contributed by atoms with E-state index in [-0.39, 0.29) is 5.54 Å². The van der Waals surface area contributed by atoms with Crippen molar-refractivity contribution in [3.05, 3.63) is 35.9 Å². The van der Waals surface area contributed by atoms with Crippen LogP contribution in [0.1, 0.15) is 38.7 Å². The van der Waals surface area contributed by atoms with Gasteiger partial charge in [0.2, 0.25) is 0 Å². The third-order valence-corrected chi connectivity index (χ3v) is 5.00. The first kappa shape index (κ1) is 14.5. The van der Waals surface area contributed by atoms with E-state index in [0.29, 0.717) is 6.04 Å². The molecule has 2 unspecified atom stereocenters. The maximum Gasteiger partial charge on any atom is 0.0306 e. The monoisotopic (exact) mass is 260 g/mol. The summed E-state index contributed by atoms with van der Waals surface area (Å²) in [5.74, 6) is 0.896. The number of hydrogen-bond donors (Lipinski definition) is 1. The summed E-state index contributed by atoms with van der Waals surface area (Å²) in [7, 11) is 2.25. The van der Waals surface area contributed by atoms with Gasteiger partial charge >= 0.3 is 0 Å². The molecule has 2 rings (SSSR count). The lowest BCUT2D eigenvalue weighted by atomic mass is 9.90. The zero-order valence-electron chi connectivity index (χ0n) is 12.6. The first-order valence-electron chi connectivity index (χ1n) is 7.54. The average molecular weight is 260 g/mol. The number of aryl methyl sites for hydroxylation is 1. The predicted octanol–water partition coefficient (Wildman–Crippen LogP) is 3.07. The molecule has 19 heavy (non-hydrogen) atoms. The fourth-order valence-electron chi connectivity index (χ4n) is 2.87. The molecular formula is C17H28N2. The fourth-order valence-corrected chi connectivity index (χ4v) is 2.87. The van der Waals surface area contributed by atoms with Gasteiger partial charge in [0.15, 0.2) is 0 Å². The Hall–Kier alpha value is -0.860. The standard InChI is InChI=1S/C17H28N2/c1-14(16-9-10-16)19(3)17(2,13-18)12-11-15-7-5-4-6-8-15/h4-8,14,16H,9-13,18H2,1-3H3. The van der Waals surface area contributed by atoms with Crippen LogP contribution in [0.25, 0.3) is 0 Å². The van der Waals surface area contributed by atoms with Crippen molar-refractivity contribution in [2.24, 2.45) is 11.7 Å². The second-order valence-corrected chi connectivity index (χ2v) is 6.38. The van der Waals surface area contributed by atoms with Crippen molar-refractivity contribution < 1.29 is 0 Å². The van der Waals surface area contributed by atoms with E-state index in [4.69, 9.17) is 5.73 Å². The lowest BCUT2D eigenvalue weighted by Gasteiger charge is -2.42. The van der Waals surface area contributed by atoms with Crippen LogP contribution < -0.4 is 5.73 Å². The van der Waals surface area contributed by atoms with Crippen LogP contribution in [0, 0.1) is 5.92 Å². The lowest BCUT2D eigenvalue weighted by molar-refractivity contribution is 0.0816. The first-order chi connectivity index (χ1) is 9.07. The van der Waals surface area contributed by atoms with Gasteiger partial charge in [-0.3, -0.25) is 4.90 Å². The molecule has 2 heteroatoms. The van der Waals surface area contributed by atoms with E-state index in [9.17, 15) is 0 Å². The van der Waals surface area contributed by atoms with Crippen molar-refractivity contribution in [2.75, 3.05) is 13.6 Å². The van der Waals surface area contributed by atoms with Crippen molar-refractivity contribution in [1.82, 2.24) is 4.90 Å². The Balaban J connectivity index is 1.96. The summed E-state index contributed by atoms with van der Waals surface area (Å²) in [6.45, 7) is 5.40. The average Bonchev–Trinajstić information content (AvgIpc) is 3.29. The highest BCUT2D eigenvalue weighted by atomic mass is 15.2. The smallest absolute Gasteiger partial charge is 0.0306 e. The molecule has 2 atom stereocenters. The quantitative estimate of drug-likeness (QED) is 0.816. The van der Waals surface area contributed by atoms with E-state index in [1.807, 2.05) is 0 Å². The van der Waals surface area contributed by atoms with E-state index >= 15 is 0 Å². The molecule has 1 aromatic rings. The van der Waals surface area contributed by atoms with E-state index in [0.717, 1.165) is 25.3 Å². The van der Waals surface area contributed by atoms with Crippen LogP contribution in [-0.4, -0.2) is 30.1 Å². The zero-order chi connectivity index (χ0) is 13.9. The van der Waals surface area contributed by atoms with Crippen molar-refractivity contribution >= 4 is 0 Å². The Kier molecular flexibility index (Phi) is 4.64. The van der Waals surface area contributed by atoms with Crippen molar-refractivity contribution in [1.29, 1.82) is 0 Å². The van der Waals surface area contributed by atoms with Gasteiger partial charge in [0, 0.05) is 18.1 Å². The maximum atomic E-state index is 6.09. The molecule has 106 valence electrons. The fraction of sp³-hybridized carbons (Fsp3) is 0.647. The lowest BCUT2D eigenvalue weighted by Crippen LogP contribution is -2.54. The number of likely N-dealkylation sites (N-methyl/N-ethyl adjacent to an activating group) is 1. The molecule has 0 radical (unpaired) electrons. The third-order valence-electron chi connectivity index (χ3n) is 5.00. The highest BCUT2D eigenvalue weighted by Crippen LogP contribution is 2.37. The van der Waals surface area contributed by atoms with Gasteiger partial charge in [-0.15, -0.1) is 0 Å². The molecule has 0 aliphatic heterocycles. The maximum absolute atomic E-state index is 6.09. The summed E-state index contributed by atoms with van der Waals surface area (Å²) in [5, 5.41) is 0. The molecule has 1 aliphatic rings. The molecule has 0 saturated heterocycles. The molecule has 1 aromatic carbocycles. The Morgan fingerprint density at radius 3 is 2.47 bits per heavy atom. The van der Waals surface area contributed by atoms with Crippen molar-refractivity contribution in [2.45, 2.75) is 51.1 Å². The van der Waals surface area contributed by atoms with Crippen LogP contribution in [0.15, 0.2) is 30.3 Å². The van der Waals surface area contributed by atoms with E-state index in [1.165, 1.54) is 18.4 Å². The minimum absolute atomic E-state index is 0.109. The number of nitrogens with zero attached hydrogens (tertiary/aromatic N) is 1. The van der Waals surface area contributed by atoms with Crippen LogP contribution in [-0.2, 0) is 6.42 Å². The predicted molar refractivity (Wildman–Crippen MR) is 82.2 cm³/mol. The van der Waals surface area contributed by atoms with Crippen molar-refractivity contribution in [3.63, 3.8) is 0 Å². The Labute approximate surface area is 118 Å². The van der Waals surface area contributed by atoms with Gasteiger partial charge < -0.3 is 5.73 Å². The van der Waals surface area contributed by atoms with E-state index < -0.39 is 0 Å². The molecule has 0 bridgehead atoms. The van der Waals surface area contributed by atoms with Crippen LogP contribution >= 0.6 is 0 Å². The molecule has 1 aliphatic carbocycles. The summed E-state index contributed by atoms with van der Waals surface area (Å²) >= 11 is 0. The molecule has 0 heterocycles. The molecule has 1 saturated carbocycles. The summed E-state index contributed by atoms with van der Waals surface area (Å²) < 4.78 is 0. The van der Waals surface area contributed by atoms with Crippen LogP contribution in [0.3, 0.4) is 0 Å². The molecule has 0 spiro atoms. The molecule has 0 aromatic heterocycles. The van der Waals surface area contributed by atoms with E-state index in [1.54, 1.807) is 0 Å². The molecular weight excluding hydrogens is 232 g/mol. The van der Waals surface area contributed by atoms with Gasteiger partial charge in [-0.1, -0.05) is 30.3 Å². The number of hydrogen-bond acceptors (Lipinski definition) is 2. The Morgan fingerprint density at radius 1 is 1.32 bits per heavy atom. The zero-order valence-corrected chi connectivity index (χ0v) is 12.6. The van der Waals surface area contributed by atoms with Gasteiger partial charge in [-0.2, -0.15) is 0 Å². The summed E-state index contributed by atoms with van der Waals surface area (Å²) in [5.41, 5.74) is 7.61. The topological polar surface area (TPSA) is 29.3 Å². The second-order valence-electron chi connectivity index (χ2n) is 6.38. The number of benzene rings is 1. The largest absolute Gasteiger partial charge is 0.329 e. The van der Waals surface area contributed by atoms with Gasteiger partial charge in [0.25, 0.3) is 0 Å². The van der Waals surface area contributed by atoms with Gasteiger partial charge in [-0.05, 0) is 58.1 Å². The summed E-state index contributed by atoms with van der Waals surface area (Å²) in [6, 6.07) is 11.4. The summed E-state index contributed by atoms with van der Waals surface area (Å²) in [4.78, 5) is 2.52. The van der Waals surface area contributed by atoms with Crippen LogP contribution in [0.5, 0.6) is 0 Å². The molecule has 1 fully saturated rings. The SMILES string of the molecule is CC(C1CC1)N(C)C(C)(CN)CCc1ccccc1. The molecule has 0 amide bonds. The molecule has 2 nitrogen and oxygen atoms in total. The third kappa shape index (κ3) is 3.58. The van der Waals surface area contributed by atoms with Gasteiger partial charge in [-0.25, -0.2) is 0 Å². The van der Waals surface area contributed by atoms with Crippen LogP contribution in [0.2, 0.25) is 0 Å². The van der Waals surface area contributed by atoms with Gasteiger partial charge in [0.05, 0.1) is 0 Å². The second kappa shape index (κ2) is 6.06. The Morgan fingerprint density at radius 2 is 1.95 bits per heavy atom. The van der Waals surface area contributed by atoms with Gasteiger partial charge in [0.1, 0.15) is 0 Å². The number of rotatable bonds is 7. The Bertz CT molecular complexity index is 386.